The fraction of sp³-hybridized carbons (Fsp3) is 0.292. The predicted molar refractivity (Wildman–Crippen MR) is 119 cm³/mol. The molecule has 7 nitrogen and oxygen atoms in total. The first-order chi connectivity index (χ1) is 15.2. The van der Waals surface area contributed by atoms with Crippen LogP contribution in [0.15, 0.2) is 53.3 Å². The smallest absolute Gasteiger partial charge is 0.276 e. The predicted octanol–water partition coefficient (Wildman–Crippen LogP) is 3.97. The van der Waals surface area contributed by atoms with Crippen molar-refractivity contribution in [3.8, 4) is 17.2 Å². The van der Waals surface area contributed by atoms with Crippen LogP contribution in [0.25, 0.3) is 5.69 Å². The Kier molecular flexibility index (Phi) is 6.92. The molecule has 3 rings (SSSR count). The number of carbonyl (C=O) groups excluding carboxylic acids is 1. The summed E-state index contributed by atoms with van der Waals surface area (Å²) in [4.78, 5) is 25.3. The topological polar surface area (TPSA) is 82.5 Å². The third-order valence-corrected chi connectivity index (χ3v) is 4.80. The van der Waals surface area contributed by atoms with Crippen LogP contribution in [0.3, 0.4) is 0 Å². The molecule has 1 amide bonds. The molecule has 1 N–H and O–H groups in total. The lowest BCUT2D eigenvalue weighted by atomic mass is 10.1. The summed E-state index contributed by atoms with van der Waals surface area (Å²) >= 11 is 0. The van der Waals surface area contributed by atoms with Gasteiger partial charge >= 0.3 is 0 Å². The Morgan fingerprint density at radius 2 is 1.81 bits per heavy atom. The Morgan fingerprint density at radius 1 is 1.09 bits per heavy atom. The molecule has 1 aromatic heterocycles. The molecule has 0 saturated carbocycles. The lowest BCUT2D eigenvalue weighted by Crippen LogP contribution is -2.33. The van der Waals surface area contributed by atoms with Crippen LogP contribution in [-0.4, -0.2) is 28.9 Å². The van der Waals surface area contributed by atoms with Gasteiger partial charge in [0.15, 0.2) is 17.2 Å². The molecule has 168 valence electrons. The molecule has 0 fully saturated rings. The van der Waals surface area contributed by atoms with Crippen LogP contribution < -0.4 is 20.2 Å². The molecule has 0 radical (unpaired) electrons. The molecule has 3 aromatic rings. The highest BCUT2D eigenvalue weighted by Crippen LogP contribution is 2.31. The van der Waals surface area contributed by atoms with Crippen molar-refractivity contribution in [1.82, 2.24) is 15.1 Å². The second kappa shape index (κ2) is 9.64. The van der Waals surface area contributed by atoms with Gasteiger partial charge in [-0.15, -0.1) is 0 Å². The van der Waals surface area contributed by atoms with E-state index >= 15 is 0 Å². The number of methoxy groups -OCH3 is 1. The molecule has 1 unspecified atom stereocenters. The summed E-state index contributed by atoms with van der Waals surface area (Å²) in [6.07, 6.45) is -0.0175. The lowest BCUT2D eigenvalue weighted by molar-refractivity contribution is 0.0931. The molecule has 1 atom stereocenters. The summed E-state index contributed by atoms with van der Waals surface area (Å²) in [6.45, 7) is 7.23. The Balaban J connectivity index is 1.88. The van der Waals surface area contributed by atoms with Crippen LogP contribution in [0.2, 0.25) is 0 Å². The number of ether oxygens (including phenoxy) is 2. The number of hydrogen-bond acceptors (Lipinski definition) is 5. The van der Waals surface area contributed by atoms with Gasteiger partial charge in [0, 0.05) is 11.8 Å². The second-order valence-electron chi connectivity index (χ2n) is 7.63. The van der Waals surface area contributed by atoms with Gasteiger partial charge in [0.25, 0.3) is 5.91 Å². The fourth-order valence-electron chi connectivity index (χ4n) is 3.23. The summed E-state index contributed by atoms with van der Waals surface area (Å²) in [5, 5.41) is 6.91. The van der Waals surface area contributed by atoms with Crippen molar-refractivity contribution in [3.05, 3.63) is 81.5 Å². The van der Waals surface area contributed by atoms with Crippen LogP contribution in [-0.2, 0) is 0 Å². The Hall–Kier alpha value is -3.68. The van der Waals surface area contributed by atoms with Crippen molar-refractivity contribution in [1.29, 1.82) is 0 Å². The number of aryl methyl sites for hydroxylation is 1. The number of para-hydroxylation sites is 1. The molecule has 2 aromatic carbocycles. The standard InChI is InChI=1S/C24H26FN3O4/c1-14(2)32-21-11-10-17(13-22(21)31-5)16(4)26-24(30)23-20(29)12-15(3)28(27-23)19-9-7-6-8-18(19)25/h6-14,16H,1-5H3,(H,26,30). The van der Waals surface area contributed by atoms with Crippen LogP contribution in [0.4, 0.5) is 4.39 Å². The van der Waals surface area contributed by atoms with Gasteiger partial charge < -0.3 is 14.8 Å². The quantitative estimate of drug-likeness (QED) is 0.603. The number of rotatable bonds is 7. The van der Waals surface area contributed by atoms with Gasteiger partial charge in [0.05, 0.1) is 19.3 Å². The third-order valence-electron chi connectivity index (χ3n) is 4.80. The van der Waals surface area contributed by atoms with Gasteiger partial charge in [-0.25, -0.2) is 9.07 Å². The molecule has 0 aliphatic carbocycles. The minimum absolute atomic E-state index is 0.0175. The summed E-state index contributed by atoms with van der Waals surface area (Å²) in [5.74, 6) is -0.0400. The molecule has 8 heteroatoms. The molecular weight excluding hydrogens is 413 g/mol. The van der Waals surface area contributed by atoms with Crippen molar-refractivity contribution in [3.63, 3.8) is 0 Å². The number of nitrogens with zero attached hydrogens (tertiary/aromatic N) is 2. The van der Waals surface area contributed by atoms with Crippen LogP contribution in [0.1, 0.15) is 48.6 Å². The first-order valence-corrected chi connectivity index (χ1v) is 10.2. The highest BCUT2D eigenvalue weighted by Gasteiger charge is 2.20. The minimum atomic E-state index is -0.658. The molecule has 1 heterocycles. The largest absolute Gasteiger partial charge is 0.493 e. The van der Waals surface area contributed by atoms with Crippen molar-refractivity contribution < 1.29 is 18.7 Å². The van der Waals surface area contributed by atoms with Crippen molar-refractivity contribution in [2.24, 2.45) is 0 Å². The number of nitrogens with one attached hydrogen (secondary N) is 1. The zero-order valence-corrected chi connectivity index (χ0v) is 18.7. The number of halogens is 1. The van der Waals surface area contributed by atoms with Crippen LogP contribution in [0.5, 0.6) is 11.5 Å². The van der Waals surface area contributed by atoms with Gasteiger partial charge in [0.1, 0.15) is 11.5 Å². The summed E-state index contributed by atoms with van der Waals surface area (Å²) in [5.41, 5.74) is 0.455. The molecule has 32 heavy (non-hydrogen) atoms. The number of amides is 1. The van der Waals surface area contributed by atoms with E-state index in [1.807, 2.05) is 19.9 Å². The summed E-state index contributed by atoms with van der Waals surface area (Å²) in [6, 6.07) is 12.2. The Labute approximate surface area is 185 Å². The number of aromatic nitrogens is 2. The van der Waals surface area contributed by atoms with E-state index in [0.717, 1.165) is 5.56 Å². The van der Waals surface area contributed by atoms with Gasteiger partial charge in [0.2, 0.25) is 5.43 Å². The van der Waals surface area contributed by atoms with E-state index in [-0.39, 0.29) is 17.5 Å². The maximum atomic E-state index is 14.2. The Bertz CT molecular complexity index is 1190. The number of hydrogen-bond donors (Lipinski definition) is 1. The molecule has 0 bridgehead atoms. The van der Waals surface area contributed by atoms with E-state index < -0.39 is 23.2 Å². The van der Waals surface area contributed by atoms with E-state index in [1.165, 1.54) is 30.0 Å². The number of benzene rings is 2. The molecule has 0 spiro atoms. The van der Waals surface area contributed by atoms with Gasteiger partial charge in [-0.2, -0.15) is 5.10 Å². The monoisotopic (exact) mass is 439 g/mol. The van der Waals surface area contributed by atoms with E-state index in [1.54, 1.807) is 38.1 Å². The summed E-state index contributed by atoms with van der Waals surface area (Å²) < 4.78 is 26.6. The zero-order chi connectivity index (χ0) is 23.4. The van der Waals surface area contributed by atoms with E-state index in [0.29, 0.717) is 17.2 Å². The van der Waals surface area contributed by atoms with Crippen LogP contribution in [0, 0.1) is 12.7 Å². The van der Waals surface area contributed by atoms with E-state index in [9.17, 15) is 14.0 Å². The Morgan fingerprint density at radius 3 is 2.47 bits per heavy atom. The van der Waals surface area contributed by atoms with Gasteiger partial charge in [-0.3, -0.25) is 9.59 Å². The van der Waals surface area contributed by atoms with E-state index in [4.69, 9.17) is 9.47 Å². The lowest BCUT2D eigenvalue weighted by Gasteiger charge is -2.18. The van der Waals surface area contributed by atoms with Crippen LogP contribution >= 0.6 is 0 Å². The maximum absolute atomic E-state index is 14.2. The van der Waals surface area contributed by atoms with E-state index in [2.05, 4.69) is 10.4 Å². The first-order valence-electron chi connectivity index (χ1n) is 10.2. The molecule has 0 aliphatic rings. The second-order valence-corrected chi connectivity index (χ2v) is 7.63. The highest BCUT2D eigenvalue weighted by molar-refractivity contribution is 5.92. The average Bonchev–Trinajstić information content (AvgIpc) is 2.74. The van der Waals surface area contributed by atoms with Gasteiger partial charge in [-0.1, -0.05) is 18.2 Å². The minimum Gasteiger partial charge on any atom is -0.493 e. The zero-order valence-electron chi connectivity index (χ0n) is 18.7. The van der Waals surface area contributed by atoms with Crippen molar-refractivity contribution >= 4 is 5.91 Å². The molecule has 0 aliphatic heterocycles. The van der Waals surface area contributed by atoms with Crippen molar-refractivity contribution in [2.45, 2.75) is 39.8 Å². The SMILES string of the molecule is COc1cc(C(C)NC(=O)c2nn(-c3ccccc3F)c(C)cc2=O)ccc1OC(C)C. The first kappa shape index (κ1) is 23.0. The van der Waals surface area contributed by atoms with Gasteiger partial charge in [-0.05, 0) is 57.5 Å². The maximum Gasteiger partial charge on any atom is 0.276 e. The molecular formula is C24H26FN3O4. The molecule has 0 saturated heterocycles. The third kappa shape index (κ3) is 4.96. The average molecular weight is 439 g/mol. The highest BCUT2D eigenvalue weighted by atomic mass is 19.1. The fourth-order valence-corrected chi connectivity index (χ4v) is 3.23. The number of carbonyl (C=O) groups is 1. The van der Waals surface area contributed by atoms with Crippen molar-refractivity contribution in [2.75, 3.05) is 7.11 Å². The normalized spacial score (nSPS) is 11.8. The summed E-state index contributed by atoms with van der Waals surface area (Å²) in [7, 11) is 1.54.